The van der Waals surface area contributed by atoms with E-state index in [1.165, 1.54) is 19.1 Å². The highest BCUT2D eigenvalue weighted by Gasteiger charge is 2.05. The van der Waals surface area contributed by atoms with Gasteiger partial charge >= 0.3 is 0 Å². The van der Waals surface area contributed by atoms with E-state index in [1.54, 1.807) is 6.07 Å². The third kappa shape index (κ3) is 1.97. The maximum atomic E-state index is 10.9. The van der Waals surface area contributed by atoms with Gasteiger partial charge in [-0.15, -0.1) is 0 Å². The second-order valence-corrected chi connectivity index (χ2v) is 2.46. The number of hydrogen-bond donors (Lipinski definition) is 0. The molecular formula is C9H6N2O2. The summed E-state index contributed by atoms with van der Waals surface area (Å²) in [5.74, 6) is -0.264. The van der Waals surface area contributed by atoms with Gasteiger partial charge in [-0.05, 0) is 12.1 Å². The van der Waals surface area contributed by atoms with Crippen LogP contribution in [0, 0.1) is 11.3 Å². The molecule has 0 spiro atoms. The quantitative estimate of drug-likeness (QED) is 0.494. The first-order valence-electron chi connectivity index (χ1n) is 3.55. The average Bonchev–Trinajstić information content (AvgIpc) is 2.16. The smallest absolute Gasteiger partial charge is 0.178 e. The average molecular weight is 174 g/mol. The molecule has 0 N–H and O–H groups in total. The Kier molecular flexibility index (Phi) is 2.50. The first-order chi connectivity index (χ1) is 6.17. The molecule has 1 rings (SSSR count). The van der Waals surface area contributed by atoms with Crippen LogP contribution in [0.1, 0.15) is 33.5 Å². The number of carbonyl (C=O) groups is 2. The molecule has 64 valence electrons. The maximum absolute atomic E-state index is 10.9. The highest BCUT2D eigenvalue weighted by molar-refractivity contribution is 5.93. The molecule has 0 aliphatic heterocycles. The number of aldehydes is 1. The predicted molar refractivity (Wildman–Crippen MR) is 44.3 cm³/mol. The van der Waals surface area contributed by atoms with Gasteiger partial charge in [0.15, 0.2) is 5.78 Å². The van der Waals surface area contributed by atoms with Crippen molar-refractivity contribution in [1.82, 2.24) is 4.98 Å². The minimum atomic E-state index is -0.264. The lowest BCUT2D eigenvalue weighted by molar-refractivity contribution is 0.101. The number of aromatic nitrogens is 1. The fourth-order valence-corrected chi connectivity index (χ4v) is 0.857. The molecule has 0 saturated carbocycles. The van der Waals surface area contributed by atoms with Gasteiger partial charge < -0.3 is 0 Å². The normalized spacial score (nSPS) is 8.92. The van der Waals surface area contributed by atoms with Crippen LogP contribution in [0.15, 0.2) is 12.1 Å². The SMILES string of the molecule is CC(=O)c1cc(C=O)cc(C#N)n1. The molecule has 0 aromatic carbocycles. The highest BCUT2D eigenvalue weighted by atomic mass is 16.1. The zero-order valence-corrected chi connectivity index (χ0v) is 6.94. The molecule has 0 radical (unpaired) electrons. The van der Waals surface area contributed by atoms with Gasteiger partial charge in [-0.2, -0.15) is 5.26 Å². The third-order valence-electron chi connectivity index (χ3n) is 1.46. The second kappa shape index (κ2) is 3.59. The number of carbonyl (C=O) groups excluding carboxylic acids is 2. The van der Waals surface area contributed by atoms with E-state index in [2.05, 4.69) is 4.98 Å². The summed E-state index contributed by atoms with van der Waals surface area (Å²) < 4.78 is 0. The van der Waals surface area contributed by atoms with Crippen LogP contribution >= 0.6 is 0 Å². The van der Waals surface area contributed by atoms with Crippen molar-refractivity contribution in [1.29, 1.82) is 5.26 Å². The minimum absolute atomic E-state index is 0.0785. The van der Waals surface area contributed by atoms with Crippen molar-refractivity contribution >= 4 is 12.1 Å². The summed E-state index contributed by atoms with van der Waals surface area (Å²) in [6, 6.07) is 4.46. The summed E-state index contributed by atoms with van der Waals surface area (Å²) in [7, 11) is 0. The van der Waals surface area contributed by atoms with Crippen molar-refractivity contribution in [3.63, 3.8) is 0 Å². The molecule has 1 aromatic rings. The van der Waals surface area contributed by atoms with Crippen molar-refractivity contribution in [3.05, 3.63) is 29.1 Å². The minimum Gasteiger partial charge on any atom is -0.298 e. The monoisotopic (exact) mass is 174 g/mol. The van der Waals surface area contributed by atoms with E-state index >= 15 is 0 Å². The highest BCUT2D eigenvalue weighted by Crippen LogP contribution is 2.04. The molecular weight excluding hydrogens is 168 g/mol. The first-order valence-corrected chi connectivity index (χ1v) is 3.55. The Hall–Kier alpha value is -2.02. The molecule has 0 amide bonds. The zero-order chi connectivity index (χ0) is 9.84. The van der Waals surface area contributed by atoms with E-state index in [0.29, 0.717) is 6.29 Å². The molecule has 0 aliphatic carbocycles. The van der Waals surface area contributed by atoms with E-state index in [4.69, 9.17) is 5.26 Å². The van der Waals surface area contributed by atoms with Gasteiger partial charge in [0.2, 0.25) is 0 Å². The summed E-state index contributed by atoms with van der Waals surface area (Å²) in [4.78, 5) is 25.0. The standard InChI is InChI=1S/C9H6N2O2/c1-6(13)9-3-7(5-12)2-8(4-10)11-9/h2-3,5H,1H3. The first kappa shape index (κ1) is 9.07. The Bertz CT molecular complexity index is 405. The topological polar surface area (TPSA) is 70.8 Å². The zero-order valence-electron chi connectivity index (χ0n) is 6.94. The van der Waals surface area contributed by atoms with Crippen LogP contribution in [0.2, 0.25) is 0 Å². The summed E-state index contributed by atoms with van der Waals surface area (Å²) >= 11 is 0. The summed E-state index contributed by atoms with van der Waals surface area (Å²) in [6.45, 7) is 1.33. The maximum Gasteiger partial charge on any atom is 0.178 e. The molecule has 1 aromatic heterocycles. The summed E-state index contributed by atoms with van der Waals surface area (Å²) in [5, 5.41) is 8.52. The predicted octanol–water partition coefficient (Wildman–Crippen LogP) is 0.968. The lowest BCUT2D eigenvalue weighted by Gasteiger charge is -1.96. The van der Waals surface area contributed by atoms with E-state index in [1.807, 2.05) is 0 Å². The van der Waals surface area contributed by atoms with Crippen LogP contribution in [0.5, 0.6) is 0 Å². The van der Waals surface area contributed by atoms with Gasteiger partial charge in [-0.1, -0.05) is 0 Å². The Morgan fingerprint density at radius 3 is 2.77 bits per heavy atom. The van der Waals surface area contributed by atoms with Gasteiger partial charge in [-0.25, -0.2) is 4.98 Å². The molecule has 1 heterocycles. The number of nitrogens with zero attached hydrogens (tertiary/aromatic N) is 2. The fourth-order valence-electron chi connectivity index (χ4n) is 0.857. The van der Waals surface area contributed by atoms with Gasteiger partial charge in [0.1, 0.15) is 23.7 Å². The summed E-state index contributed by atoms with van der Waals surface area (Å²) in [5.41, 5.74) is 0.507. The number of Topliss-reactive ketones (excluding diaryl/α,β-unsaturated/α-hetero) is 1. The van der Waals surface area contributed by atoms with Crippen LogP contribution in [0.25, 0.3) is 0 Å². The van der Waals surface area contributed by atoms with Crippen molar-refractivity contribution in [3.8, 4) is 6.07 Å². The largest absolute Gasteiger partial charge is 0.298 e. The Morgan fingerprint density at radius 2 is 2.31 bits per heavy atom. The molecule has 13 heavy (non-hydrogen) atoms. The van der Waals surface area contributed by atoms with Gasteiger partial charge in [0, 0.05) is 12.5 Å². The van der Waals surface area contributed by atoms with Crippen LogP contribution in [-0.4, -0.2) is 17.1 Å². The lowest BCUT2D eigenvalue weighted by Crippen LogP contribution is -2.00. The van der Waals surface area contributed by atoms with Crippen molar-refractivity contribution in [2.24, 2.45) is 0 Å². The number of hydrogen-bond acceptors (Lipinski definition) is 4. The molecule has 0 bridgehead atoms. The van der Waals surface area contributed by atoms with Gasteiger partial charge in [-0.3, -0.25) is 9.59 Å². The number of ketones is 1. The van der Waals surface area contributed by atoms with Crippen LogP contribution in [0.3, 0.4) is 0 Å². The van der Waals surface area contributed by atoms with E-state index in [-0.39, 0.29) is 22.7 Å². The molecule has 0 aliphatic rings. The second-order valence-electron chi connectivity index (χ2n) is 2.46. The molecule has 0 saturated heterocycles. The van der Waals surface area contributed by atoms with E-state index in [9.17, 15) is 9.59 Å². The number of nitriles is 1. The number of rotatable bonds is 2. The van der Waals surface area contributed by atoms with Gasteiger partial charge in [0.05, 0.1) is 0 Å². The fraction of sp³-hybridized carbons (Fsp3) is 0.111. The van der Waals surface area contributed by atoms with E-state index in [0.717, 1.165) is 0 Å². The molecule has 4 nitrogen and oxygen atoms in total. The molecule has 0 unspecified atom stereocenters. The Morgan fingerprint density at radius 1 is 1.62 bits per heavy atom. The molecule has 0 fully saturated rings. The van der Waals surface area contributed by atoms with E-state index < -0.39 is 0 Å². The molecule has 0 atom stereocenters. The van der Waals surface area contributed by atoms with Crippen molar-refractivity contribution in [2.45, 2.75) is 6.92 Å². The Balaban J connectivity index is 3.32. The van der Waals surface area contributed by atoms with Crippen molar-refractivity contribution < 1.29 is 9.59 Å². The Labute approximate surface area is 74.8 Å². The lowest BCUT2D eigenvalue weighted by atomic mass is 10.2. The van der Waals surface area contributed by atoms with Crippen molar-refractivity contribution in [2.75, 3.05) is 0 Å². The van der Waals surface area contributed by atoms with Crippen LogP contribution in [-0.2, 0) is 0 Å². The molecule has 4 heteroatoms. The van der Waals surface area contributed by atoms with Crippen LogP contribution in [0.4, 0.5) is 0 Å². The van der Waals surface area contributed by atoms with Gasteiger partial charge in [0.25, 0.3) is 0 Å². The number of pyridine rings is 1. The summed E-state index contributed by atoms with van der Waals surface area (Å²) in [6.07, 6.45) is 0.578. The van der Waals surface area contributed by atoms with Crippen LogP contribution < -0.4 is 0 Å². The third-order valence-corrected chi connectivity index (χ3v) is 1.46.